The molecule has 1 saturated carbocycles. The second kappa shape index (κ2) is 9.55. The SMILES string of the molecule is CC(Oc1cc(-n2cnc3cc(CNC4CCC4)ncc32)sc1C(N)=O)c1ccccc1C(F)(F)F. The van der Waals surface area contributed by atoms with Gasteiger partial charge >= 0.3 is 6.18 Å². The third-order valence-corrected chi connectivity index (χ3v) is 7.45. The number of alkyl halides is 3. The number of nitrogens with one attached hydrogen (secondary N) is 1. The molecular weight excluding hydrogens is 491 g/mol. The van der Waals surface area contributed by atoms with E-state index in [0.29, 0.717) is 17.6 Å². The number of hydrogen-bond acceptors (Lipinski definition) is 6. The van der Waals surface area contributed by atoms with Crippen molar-refractivity contribution < 1.29 is 22.7 Å². The maximum absolute atomic E-state index is 13.5. The lowest BCUT2D eigenvalue weighted by Crippen LogP contribution is -2.34. The van der Waals surface area contributed by atoms with Crippen molar-refractivity contribution in [3.8, 4) is 10.8 Å². The zero-order valence-electron chi connectivity index (χ0n) is 19.4. The molecule has 4 aromatic rings. The van der Waals surface area contributed by atoms with E-state index in [2.05, 4.69) is 15.3 Å². The standard InChI is InChI=1S/C25H24F3N5O2S/c1-14(17-7-2-3-8-18(17)25(26,27)28)35-21-10-22(36-23(21)24(29)34)33-13-32-19-9-16(31-12-20(19)33)11-30-15-5-4-6-15/h2-3,7-10,12-15,30H,4-6,11H2,1H3,(H2,29,34). The van der Waals surface area contributed by atoms with Crippen LogP contribution in [0.25, 0.3) is 16.0 Å². The Hall–Kier alpha value is -3.44. The number of ether oxygens (including phenoxy) is 1. The number of carbonyl (C=O) groups is 1. The number of primary amides is 1. The molecule has 7 nitrogen and oxygen atoms in total. The van der Waals surface area contributed by atoms with Gasteiger partial charge in [0.25, 0.3) is 5.91 Å². The number of imidazole rings is 1. The molecular formula is C25H24F3N5O2S. The van der Waals surface area contributed by atoms with Crippen molar-refractivity contribution >= 4 is 28.3 Å². The zero-order chi connectivity index (χ0) is 25.4. The first-order valence-electron chi connectivity index (χ1n) is 11.5. The number of nitrogens with two attached hydrogens (primary N) is 1. The van der Waals surface area contributed by atoms with Crippen LogP contribution in [0.4, 0.5) is 13.2 Å². The van der Waals surface area contributed by atoms with E-state index in [9.17, 15) is 18.0 Å². The quantitative estimate of drug-likeness (QED) is 0.329. The van der Waals surface area contributed by atoms with Gasteiger partial charge in [-0.1, -0.05) is 24.6 Å². The fourth-order valence-electron chi connectivity index (χ4n) is 4.19. The van der Waals surface area contributed by atoms with Crippen molar-refractivity contribution in [2.45, 2.75) is 51.1 Å². The van der Waals surface area contributed by atoms with Crippen LogP contribution in [0, 0.1) is 0 Å². The van der Waals surface area contributed by atoms with E-state index in [1.165, 1.54) is 44.4 Å². The lowest BCUT2D eigenvalue weighted by Gasteiger charge is -2.26. The fourth-order valence-corrected chi connectivity index (χ4v) is 5.11. The van der Waals surface area contributed by atoms with Crippen LogP contribution in [0.5, 0.6) is 5.75 Å². The Labute approximate surface area is 209 Å². The summed E-state index contributed by atoms with van der Waals surface area (Å²) in [4.78, 5) is 21.3. The van der Waals surface area contributed by atoms with Gasteiger partial charge in [-0.15, -0.1) is 11.3 Å². The van der Waals surface area contributed by atoms with Gasteiger partial charge in [-0.2, -0.15) is 13.2 Å². The van der Waals surface area contributed by atoms with Crippen LogP contribution >= 0.6 is 11.3 Å². The van der Waals surface area contributed by atoms with E-state index in [0.717, 1.165) is 34.1 Å². The van der Waals surface area contributed by atoms with Crippen LogP contribution in [-0.4, -0.2) is 26.5 Å². The summed E-state index contributed by atoms with van der Waals surface area (Å²) in [6.07, 6.45) is 1.43. The summed E-state index contributed by atoms with van der Waals surface area (Å²) in [5.74, 6) is -0.618. The number of nitrogens with zero attached hydrogens (tertiary/aromatic N) is 3. The van der Waals surface area contributed by atoms with Crippen molar-refractivity contribution in [2.24, 2.45) is 5.73 Å². The summed E-state index contributed by atoms with van der Waals surface area (Å²) < 4.78 is 48.1. The molecule has 3 heterocycles. The Morgan fingerprint density at radius 3 is 2.75 bits per heavy atom. The molecule has 0 bridgehead atoms. The lowest BCUT2D eigenvalue weighted by atomic mass is 9.93. The van der Waals surface area contributed by atoms with Gasteiger partial charge in [0, 0.05) is 24.2 Å². The Morgan fingerprint density at radius 1 is 1.28 bits per heavy atom. The topological polar surface area (TPSA) is 95.1 Å². The molecule has 1 fully saturated rings. The number of amides is 1. The third-order valence-electron chi connectivity index (χ3n) is 6.32. The molecule has 0 aliphatic heterocycles. The van der Waals surface area contributed by atoms with Crippen molar-refractivity contribution in [2.75, 3.05) is 0 Å². The van der Waals surface area contributed by atoms with Crippen LogP contribution in [-0.2, 0) is 12.7 Å². The normalized spacial score (nSPS) is 15.1. The Kier molecular flexibility index (Phi) is 6.44. The second-order valence-electron chi connectivity index (χ2n) is 8.78. The average molecular weight is 516 g/mol. The molecule has 3 aromatic heterocycles. The maximum atomic E-state index is 13.5. The average Bonchev–Trinajstić information content (AvgIpc) is 3.41. The van der Waals surface area contributed by atoms with Gasteiger partial charge in [0.15, 0.2) is 0 Å². The number of rotatable bonds is 8. The minimum Gasteiger partial charge on any atom is -0.484 e. The first-order chi connectivity index (χ1) is 17.2. The summed E-state index contributed by atoms with van der Waals surface area (Å²) in [7, 11) is 0. The fraction of sp³-hybridized carbons (Fsp3) is 0.320. The van der Waals surface area contributed by atoms with Crippen molar-refractivity contribution in [3.05, 3.63) is 70.6 Å². The van der Waals surface area contributed by atoms with Crippen LogP contribution in [0.2, 0.25) is 0 Å². The molecule has 0 radical (unpaired) electrons. The number of thiophene rings is 1. The highest BCUT2D eigenvalue weighted by atomic mass is 32.1. The van der Waals surface area contributed by atoms with Gasteiger partial charge in [0.05, 0.1) is 28.5 Å². The molecule has 3 N–H and O–H groups in total. The molecule has 5 rings (SSSR count). The molecule has 1 aliphatic rings. The molecule has 36 heavy (non-hydrogen) atoms. The van der Waals surface area contributed by atoms with Gasteiger partial charge in [0.1, 0.15) is 28.1 Å². The Balaban J connectivity index is 1.42. The molecule has 188 valence electrons. The summed E-state index contributed by atoms with van der Waals surface area (Å²) in [6, 6.07) is 9.24. The molecule has 0 saturated heterocycles. The van der Waals surface area contributed by atoms with Gasteiger partial charge in [-0.3, -0.25) is 14.3 Å². The summed E-state index contributed by atoms with van der Waals surface area (Å²) in [5.41, 5.74) is 7.08. The molecule has 1 aliphatic carbocycles. The van der Waals surface area contributed by atoms with Crippen LogP contribution in [0.3, 0.4) is 0 Å². The van der Waals surface area contributed by atoms with Crippen LogP contribution in [0.15, 0.2) is 48.9 Å². The van der Waals surface area contributed by atoms with Crippen LogP contribution in [0.1, 0.15) is 58.8 Å². The molecule has 1 amide bonds. The van der Waals surface area contributed by atoms with Crippen LogP contribution < -0.4 is 15.8 Å². The van der Waals surface area contributed by atoms with Crippen molar-refractivity contribution in [1.82, 2.24) is 19.9 Å². The van der Waals surface area contributed by atoms with Gasteiger partial charge in [-0.25, -0.2) is 4.98 Å². The van der Waals surface area contributed by atoms with Gasteiger partial charge in [0.2, 0.25) is 0 Å². The lowest BCUT2D eigenvalue weighted by molar-refractivity contribution is -0.138. The number of pyridine rings is 1. The van der Waals surface area contributed by atoms with Gasteiger partial charge < -0.3 is 15.8 Å². The van der Waals surface area contributed by atoms with E-state index in [1.807, 2.05) is 6.07 Å². The minimum atomic E-state index is -4.53. The summed E-state index contributed by atoms with van der Waals surface area (Å²) >= 11 is 1.08. The first kappa shape index (κ1) is 24.3. The maximum Gasteiger partial charge on any atom is 0.416 e. The highest BCUT2D eigenvalue weighted by molar-refractivity contribution is 7.16. The zero-order valence-corrected chi connectivity index (χ0v) is 20.2. The Bertz CT molecular complexity index is 1410. The summed E-state index contributed by atoms with van der Waals surface area (Å²) in [6.45, 7) is 2.16. The monoisotopic (exact) mass is 515 g/mol. The largest absolute Gasteiger partial charge is 0.484 e. The van der Waals surface area contributed by atoms with E-state index >= 15 is 0 Å². The number of fused-ring (bicyclic) bond motifs is 1. The highest BCUT2D eigenvalue weighted by Crippen LogP contribution is 2.39. The van der Waals surface area contributed by atoms with E-state index in [4.69, 9.17) is 10.5 Å². The number of hydrogen-bond donors (Lipinski definition) is 2. The minimum absolute atomic E-state index is 0.0338. The van der Waals surface area contributed by atoms with E-state index in [1.54, 1.807) is 23.2 Å². The molecule has 1 unspecified atom stereocenters. The van der Waals surface area contributed by atoms with Crippen molar-refractivity contribution in [3.63, 3.8) is 0 Å². The van der Waals surface area contributed by atoms with Crippen molar-refractivity contribution in [1.29, 1.82) is 0 Å². The molecule has 1 atom stereocenters. The highest BCUT2D eigenvalue weighted by Gasteiger charge is 2.35. The van der Waals surface area contributed by atoms with E-state index < -0.39 is 23.8 Å². The Morgan fingerprint density at radius 2 is 2.06 bits per heavy atom. The first-order valence-corrected chi connectivity index (χ1v) is 12.3. The molecule has 0 spiro atoms. The number of aromatic nitrogens is 3. The third kappa shape index (κ3) is 4.80. The predicted molar refractivity (Wildman–Crippen MR) is 130 cm³/mol. The van der Waals surface area contributed by atoms with E-state index in [-0.39, 0.29) is 16.2 Å². The molecule has 1 aromatic carbocycles. The summed E-state index contributed by atoms with van der Waals surface area (Å²) in [5, 5.41) is 4.06. The smallest absolute Gasteiger partial charge is 0.416 e. The predicted octanol–water partition coefficient (Wildman–Crippen LogP) is 5.38. The molecule has 11 heteroatoms. The van der Waals surface area contributed by atoms with Gasteiger partial charge in [-0.05, 0) is 31.9 Å². The number of halogens is 3. The number of benzene rings is 1. The number of carbonyl (C=O) groups excluding carboxylic acids is 1. The second-order valence-corrected chi connectivity index (χ2v) is 9.81.